The fourth-order valence-corrected chi connectivity index (χ4v) is 2.65. The molecule has 1 saturated heterocycles. The third-order valence-corrected chi connectivity index (χ3v) is 3.60. The second-order valence-electron chi connectivity index (χ2n) is 5.03. The third-order valence-electron chi connectivity index (χ3n) is 3.60. The molecule has 1 aliphatic rings. The molecule has 2 amide bonds. The molecule has 0 spiro atoms. The van der Waals surface area contributed by atoms with Gasteiger partial charge in [-0.1, -0.05) is 0 Å². The van der Waals surface area contributed by atoms with Gasteiger partial charge in [0.25, 0.3) is 0 Å². The molecule has 2 aromatic heterocycles. The number of nitrogens with zero attached hydrogens (tertiary/aromatic N) is 3. The van der Waals surface area contributed by atoms with E-state index in [1.54, 1.807) is 12.4 Å². The standard InChI is InChI=1S/C15H15N3O3/c1-9-14(11-5-7-16-8-6-11)17-15(21-9)12-3-4-13(20)18(12)10(2)19/h5-8,12H,3-4H2,1-2H3. The first-order chi connectivity index (χ1) is 10.1. The zero-order valence-electron chi connectivity index (χ0n) is 11.9. The lowest BCUT2D eigenvalue weighted by molar-refractivity contribution is -0.142. The fraction of sp³-hybridized carbons (Fsp3) is 0.333. The summed E-state index contributed by atoms with van der Waals surface area (Å²) in [5.74, 6) is 0.636. The number of rotatable bonds is 2. The molecule has 0 saturated carbocycles. The van der Waals surface area contributed by atoms with Crippen molar-refractivity contribution in [1.29, 1.82) is 0 Å². The fourth-order valence-electron chi connectivity index (χ4n) is 2.65. The van der Waals surface area contributed by atoms with Crippen LogP contribution in [-0.4, -0.2) is 26.7 Å². The van der Waals surface area contributed by atoms with Crippen LogP contribution in [0.5, 0.6) is 0 Å². The van der Waals surface area contributed by atoms with E-state index in [0.29, 0.717) is 24.5 Å². The maximum absolute atomic E-state index is 11.8. The zero-order valence-corrected chi connectivity index (χ0v) is 11.9. The Morgan fingerprint density at radius 2 is 2.10 bits per heavy atom. The zero-order chi connectivity index (χ0) is 15.0. The summed E-state index contributed by atoms with van der Waals surface area (Å²) < 4.78 is 5.70. The van der Waals surface area contributed by atoms with Crippen molar-refractivity contribution >= 4 is 11.8 Å². The van der Waals surface area contributed by atoms with Crippen LogP contribution in [0.15, 0.2) is 28.9 Å². The largest absolute Gasteiger partial charge is 0.443 e. The van der Waals surface area contributed by atoms with Crippen molar-refractivity contribution in [2.24, 2.45) is 0 Å². The molecule has 1 unspecified atom stereocenters. The highest BCUT2D eigenvalue weighted by Crippen LogP contribution is 2.35. The number of pyridine rings is 1. The van der Waals surface area contributed by atoms with Gasteiger partial charge < -0.3 is 4.42 Å². The van der Waals surface area contributed by atoms with Crippen molar-refractivity contribution < 1.29 is 14.0 Å². The van der Waals surface area contributed by atoms with Gasteiger partial charge in [-0.3, -0.25) is 19.5 Å². The average Bonchev–Trinajstić information content (AvgIpc) is 3.03. The van der Waals surface area contributed by atoms with Crippen LogP contribution in [0.2, 0.25) is 0 Å². The molecule has 1 atom stereocenters. The summed E-state index contributed by atoms with van der Waals surface area (Å²) in [6, 6.07) is 3.29. The Hall–Kier alpha value is -2.50. The van der Waals surface area contributed by atoms with E-state index < -0.39 is 6.04 Å². The first-order valence-corrected chi connectivity index (χ1v) is 6.78. The van der Waals surface area contributed by atoms with E-state index >= 15 is 0 Å². The predicted octanol–water partition coefficient (Wildman–Crippen LogP) is 2.26. The van der Waals surface area contributed by atoms with Gasteiger partial charge in [-0.15, -0.1) is 0 Å². The highest BCUT2D eigenvalue weighted by molar-refractivity contribution is 5.96. The summed E-state index contributed by atoms with van der Waals surface area (Å²) in [7, 11) is 0. The Balaban J connectivity index is 1.98. The summed E-state index contributed by atoms with van der Waals surface area (Å²) in [5.41, 5.74) is 1.62. The Morgan fingerprint density at radius 3 is 2.76 bits per heavy atom. The third kappa shape index (κ3) is 2.33. The van der Waals surface area contributed by atoms with Gasteiger partial charge in [0.2, 0.25) is 17.7 Å². The molecule has 0 bridgehead atoms. The number of likely N-dealkylation sites (tertiary alicyclic amines) is 1. The lowest BCUT2D eigenvalue weighted by Crippen LogP contribution is -2.32. The number of carbonyl (C=O) groups is 2. The summed E-state index contributed by atoms with van der Waals surface area (Å²) in [6.07, 6.45) is 4.26. The van der Waals surface area contributed by atoms with Gasteiger partial charge in [-0.25, -0.2) is 4.98 Å². The summed E-state index contributed by atoms with van der Waals surface area (Å²) in [4.78, 5) is 33.1. The molecule has 3 rings (SSSR count). The molecule has 6 heteroatoms. The first kappa shape index (κ1) is 13.5. The normalized spacial score (nSPS) is 18.3. The van der Waals surface area contributed by atoms with E-state index in [9.17, 15) is 9.59 Å². The van der Waals surface area contributed by atoms with Gasteiger partial charge in [0.15, 0.2) is 0 Å². The molecular weight excluding hydrogens is 270 g/mol. The minimum atomic E-state index is -0.399. The van der Waals surface area contributed by atoms with Crippen molar-refractivity contribution in [3.8, 4) is 11.3 Å². The van der Waals surface area contributed by atoms with Crippen molar-refractivity contribution in [2.75, 3.05) is 0 Å². The molecule has 2 aromatic rings. The van der Waals surface area contributed by atoms with Gasteiger partial charge in [-0.2, -0.15) is 0 Å². The van der Waals surface area contributed by atoms with Crippen molar-refractivity contribution in [2.45, 2.75) is 32.7 Å². The smallest absolute Gasteiger partial charge is 0.230 e. The van der Waals surface area contributed by atoms with Crippen LogP contribution in [-0.2, 0) is 9.59 Å². The molecule has 0 radical (unpaired) electrons. The summed E-state index contributed by atoms with van der Waals surface area (Å²) >= 11 is 0. The second kappa shape index (κ2) is 5.12. The van der Waals surface area contributed by atoms with Gasteiger partial charge >= 0.3 is 0 Å². The van der Waals surface area contributed by atoms with Crippen molar-refractivity contribution in [1.82, 2.24) is 14.9 Å². The number of oxazole rings is 1. The Labute approximate surface area is 121 Å². The molecule has 1 fully saturated rings. The molecule has 21 heavy (non-hydrogen) atoms. The van der Waals surface area contributed by atoms with Gasteiger partial charge in [0, 0.05) is 31.3 Å². The van der Waals surface area contributed by atoms with Crippen LogP contribution in [0.4, 0.5) is 0 Å². The maximum Gasteiger partial charge on any atom is 0.230 e. The number of carbonyl (C=O) groups excluding carboxylic acids is 2. The van der Waals surface area contributed by atoms with Crippen LogP contribution in [0.1, 0.15) is 37.5 Å². The molecular formula is C15H15N3O3. The summed E-state index contributed by atoms with van der Waals surface area (Å²) in [5, 5.41) is 0. The van der Waals surface area contributed by atoms with Crippen molar-refractivity contribution in [3.05, 3.63) is 36.2 Å². The molecule has 0 aromatic carbocycles. The molecule has 1 aliphatic heterocycles. The number of aromatic nitrogens is 2. The SMILES string of the molecule is CC(=O)N1C(=O)CCC1c1nc(-c2ccncc2)c(C)o1. The lowest BCUT2D eigenvalue weighted by atomic mass is 10.2. The van der Waals surface area contributed by atoms with E-state index in [1.807, 2.05) is 19.1 Å². The number of hydrogen-bond acceptors (Lipinski definition) is 5. The molecule has 0 aliphatic carbocycles. The predicted molar refractivity (Wildman–Crippen MR) is 74.0 cm³/mol. The van der Waals surface area contributed by atoms with E-state index in [1.165, 1.54) is 11.8 Å². The lowest BCUT2D eigenvalue weighted by Gasteiger charge is -2.18. The Kier molecular flexibility index (Phi) is 3.29. The Bertz CT molecular complexity index is 693. The van der Waals surface area contributed by atoms with E-state index in [0.717, 1.165) is 11.3 Å². The van der Waals surface area contributed by atoms with E-state index in [-0.39, 0.29) is 11.8 Å². The topological polar surface area (TPSA) is 76.3 Å². The van der Waals surface area contributed by atoms with Gasteiger partial charge in [0.1, 0.15) is 17.5 Å². The van der Waals surface area contributed by atoms with Crippen LogP contribution in [0.3, 0.4) is 0 Å². The minimum absolute atomic E-state index is 0.172. The van der Waals surface area contributed by atoms with Gasteiger partial charge in [-0.05, 0) is 25.5 Å². The molecule has 6 nitrogen and oxygen atoms in total. The highest BCUT2D eigenvalue weighted by atomic mass is 16.4. The summed E-state index contributed by atoms with van der Waals surface area (Å²) in [6.45, 7) is 3.21. The second-order valence-corrected chi connectivity index (χ2v) is 5.03. The highest BCUT2D eigenvalue weighted by Gasteiger charge is 2.38. The number of amides is 2. The van der Waals surface area contributed by atoms with Crippen molar-refractivity contribution in [3.63, 3.8) is 0 Å². The number of aryl methyl sites for hydroxylation is 1. The van der Waals surface area contributed by atoms with Crippen LogP contribution >= 0.6 is 0 Å². The number of imide groups is 1. The molecule has 3 heterocycles. The van der Waals surface area contributed by atoms with Gasteiger partial charge in [0.05, 0.1) is 0 Å². The van der Waals surface area contributed by atoms with Crippen LogP contribution in [0.25, 0.3) is 11.3 Å². The average molecular weight is 285 g/mol. The molecule has 108 valence electrons. The van der Waals surface area contributed by atoms with E-state index in [2.05, 4.69) is 9.97 Å². The van der Waals surface area contributed by atoms with Crippen LogP contribution < -0.4 is 0 Å². The quantitative estimate of drug-likeness (QED) is 0.845. The molecule has 0 N–H and O–H groups in total. The maximum atomic E-state index is 11.8. The van der Waals surface area contributed by atoms with E-state index in [4.69, 9.17) is 4.42 Å². The monoisotopic (exact) mass is 285 g/mol. The Morgan fingerprint density at radius 1 is 1.38 bits per heavy atom. The number of hydrogen-bond donors (Lipinski definition) is 0. The van der Waals surface area contributed by atoms with Crippen LogP contribution in [0, 0.1) is 6.92 Å². The minimum Gasteiger partial charge on any atom is -0.443 e. The first-order valence-electron chi connectivity index (χ1n) is 6.78.